The average molecular weight is 401 g/mol. The molecule has 1 heterocycles. The van der Waals surface area contributed by atoms with Crippen LogP contribution in [-0.4, -0.2) is 86.9 Å². The second-order valence-corrected chi connectivity index (χ2v) is 9.95. The van der Waals surface area contributed by atoms with Gasteiger partial charge in [-0.3, -0.25) is 0 Å². The standard InChI is InChI=1S/C22H44N4O2/c27-21(15-23-19-7-3-1-4-8-19)17-25-11-13-26(14-12-25)18-22(28)16-24-20-9-5-2-6-10-20/h19-24,27-28H,1-18H2/p+4/t21-,22+. The Kier molecular flexibility index (Phi) is 9.98. The third-order valence-electron chi connectivity index (χ3n) is 7.50. The highest BCUT2D eigenvalue weighted by Gasteiger charge is 2.28. The predicted octanol–water partition coefficient (Wildman–Crippen LogP) is -3.72. The quantitative estimate of drug-likeness (QED) is 0.228. The van der Waals surface area contributed by atoms with E-state index >= 15 is 0 Å². The van der Waals surface area contributed by atoms with Crippen LogP contribution in [0.5, 0.6) is 0 Å². The van der Waals surface area contributed by atoms with Gasteiger partial charge in [-0.05, 0) is 51.4 Å². The third-order valence-corrected chi connectivity index (χ3v) is 7.50. The first-order chi connectivity index (χ1) is 13.7. The van der Waals surface area contributed by atoms with E-state index < -0.39 is 0 Å². The highest BCUT2D eigenvalue weighted by molar-refractivity contribution is 4.64. The lowest BCUT2D eigenvalue weighted by molar-refractivity contribution is -1.02. The molecule has 3 fully saturated rings. The lowest BCUT2D eigenvalue weighted by Crippen LogP contribution is -3.29. The van der Waals surface area contributed by atoms with Gasteiger partial charge < -0.3 is 30.6 Å². The number of quaternary nitrogens is 4. The second-order valence-electron chi connectivity index (χ2n) is 9.95. The molecule has 1 aliphatic heterocycles. The van der Waals surface area contributed by atoms with Crippen molar-refractivity contribution in [3.8, 4) is 0 Å². The van der Waals surface area contributed by atoms with Gasteiger partial charge in [0.1, 0.15) is 52.4 Å². The zero-order valence-electron chi connectivity index (χ0n) is 18.1. The topological polar surface area (TPSA) is 82.6 Å². The maximum Gasteiger partial charge on any atom is 0.151 e. The second kappa shape index (κ2) is 12.5. The SMILES string of the molecule is O[C@H](C[NH2+]C1CCCCC1)C[NH+]1CC[NH+](C[C@@H](O)C[NH2+]C2CCCCC2)CC1. The minimum Gasteiger partial charge on any atom is -0.382 e. The van der Waals surface area contributed by atoms with E-state index in [1.54, 1.807) is 9.80 Å². The molecule has 0 bridgehead atoms. The highest BCUT2D eigenvalue weighted by atomic mass is 16.3. The fourth-order valence-electron chi connectivity index (χ4n) is 5.64. The summed E-state index contributed by atoms with van der Waals surface area (Å²) in [6.45, 7) is 8.08. The van der Waals surface area contributed by atoms with E-state index in [-0.39, 0.29) is 12.2 Å². The van der Waals surface area contributed by atoms with E-state index in [0.717, 1.165) is 64.4 Å². The summed E-state index contributed by atoms with van der Waals surface area (Å²) in [6, 6.07) is 1.51. The molecular weight excluding hydrogens is 352 g/mol. The third kappa shape index (κ3) is 8.25. The molecule has 6 nitrogen and oxygen atoms in total. The van der Waals surface area contributed by atoms with Crippen molar-refractivity contribution in [2.45, 2.75) is 88.5 Å². The molecule has 0 radical (unpaired) electrons. The van der Waals surface area contributed by atoms with Crippen molar-refractivity contribution in [1.82, 2.24) is 0 Å². The first-order valence-corrected chi connectivity index (χ1v) is 12.4. The molecule has 0 unspecified atom stereocenters. The Hall–Kier alpha value is -0.240. The summed E-state index contributed by atoms with van der Waals surface area (Å²) in [5.74, 6) is 0. The Balaban J connectivity index is 1.23. The number of nitrogens with one attached hydrogen (secondary N) is 2. The average Bonchev–Trinajstić information content (AvgIpc) is 2.74. The number of nitrogens with two attached hydrogens (primary N) is 2. The number of rotatable bonds is 10. The lowest BCUT2D eigenvalue weighted by Gasteiger charge is -2.31. The minimum atomic E-state index is -0.172. The van der Waals surface area contributed by atoms with Gasteiger partial charge in [0.2, 0.25) is 0 Å². The van der Waals surface area contributed by atoms with E-state index in [4.69, 9.17) is 0 Å². The molecule has 3 aliphatic rings. The van der Waals surface area contributed by atoms with E-state index in [1.165, 1.54) is 64.2 Å². The first kappa shape index (κ1) is 22.4. The predicted molar refractivity (Wildman–Crippen MR) is 110 cm³/mol. The van der Waals surface area contributed by atoms with Gasteiger partial charge in [0.25, 0.3) is 0 Å². The van der Waals surface area contributed by atoms with E-state index in [1.807, 2.05) is 0 Å². The maximum absolute atomic E-state index is 10.4. The summed E-state index contributed by atoms with van der Waals surface area (Å²) in [7, 11) is 0. The van der Waals surface area contributed by atoms with Crippen LogP contribution < -0.4 is 20.4 Å². The molecule has 0 amide bonds. The fourth-order valence-corrected chi connectivity index (χ4v) is 5.64. The van der Waals surface area contributed by atoms with Gasteiger partial charge in [-0.2, -0.15) is 0 Å². The van der Waals surface area contributed by atoms with Crippen LogP contribution in [0, 0.1) is 0 Å². The van der Waals surface area contributed by atoms with E-state index in [9.17, 15) is 10.2 Å². The van der Waals surface area contributed by atoms with Crippen molar-refractivity contribution in [3.63, 3.8) is 0 Å². The lowest BCUT2D eigenvalue weighted by atomic mass is 9.95. The molecule has 0 aromatic heterocycles. The van der Waals surface area contributed by atoms with Gasteiger partial charge in [0.15, 0.2) is 12.2 Å². The molecular formula is C22H48N4O2+4. The maximum atomic E-state index is 10.4. The minimum absolute atomic E-state index is 0.172. The van der Waals surface area contributed by atoms with Crippen molar-refractivity contribution in [2.75, 3.05) is 52.4 Å². The van der Waals surface area contributed by atoms with Crippen LogP contribution in [-0.2, 0) is 0 Å². The monoisotopic (exact) mass is 400 g/mol. The normalized spacial score (nSPS) is 30.2. The Labute approximate surface area is 172 Å². The van der Waals surface area contributed by atoms with Crippen LogP contribution >= 0.6 is 0 Å². The Morgan fingerprint density at radius 2 is 0.964 bits per heavy atom. The van der Waals surface area contributed by atoms with Crippen molar-refractivity contribution in [3.05, 3.63) is 0 Å². The molecule has 8 N–H and O–H groups in total. The molecule has 2 atom stereocenters. The van der Waals surface area contributed by atoms with E-state index in [0.29, 0.717) is 0 Å². The molecule has 2 saturated carbocycles. The molecule has 0 aromatic rings. The number of hydrogen-bond acceptors (Lipinski definition) is 2. The Bertz CT molecular complexity index is 367. The van der Waals surface area contributed by atoms with Crippen molar-refractivity contribution in [1.29, 1.82) is 0 Å². The summed E-state index contributed by atoms with van der Waals surface area (Å²) < 4.78 is 0. The van der Waals surface area contributed by atoms with Crippen molar-refractivity contribution >= 4 is 0 Å². The molecule has 0 aromatic carbocycles. The number of piperazine rings is 1. The largest absolute Gasteiger partial charge is 0.382 e. The van der Waals surface area contributed by atoms with Gasteiger partial charge in [0.05, 0.1) is 12.1 Å². The molecule has 2 aliphatic carbocycles. The zero-order valence-corrected chi connectivity index (χ0v) is 18.1. The Morgan fingerprint density at radius 1 is 0.607 bits per heavy atom. The summed E-state index contributed by atoms with van der Waals surface area (Å²) >= 11 is 0. The van der Waals surface area contributed by atoms with E-state index in [2.05, 4.69) is 10.6 Å². The molecule has 164 valence electrons. The summed E-state index contributed by atoms with van der Waals surface area (Å²) in [6.07, 6.45) is 13.3. The molecule has 6 heteroatoms. The number of aliphatic hydroxyl groups is 2. The van der Waals surface area contributed by atoms with Gasteiger partial charge in [-0.25, -0.2) is 0 Å². The van der Waals surface area contributed by atoms with Crippen LogP contribution in [0.15, 0.2) is 0 Å². The van der Waals surface area contributed by atoms with Gasteiger partial charge in [-0.15, -0.1) is 0 Å². The van der Waals surface area contributed by atoms with Gasteiger partial charge in [0, 0.05) is 0 Å². The Morgan fingerprint density at radius 3 is 1.32 bits per heavy atom. The van der Waals surface area contributed by atoms with Crippen LogP contribution in [0.3, 0.4) is 0 Å². The van der Waals surface area contributed by atoms with Crippen LogP contribution in [0.2, 0.25) is 0 Å². The zero-order chi connectivity index (χ0) is 19.6. The smallest absolute Gasteiger partial charge is 0.151 e. The highest BCUT2D eigenvalue weighted by Crippen LogP contribution is 2.15. The van der Waals surface area contributed by atoms with Crippen LogP contribution in [0.4, 0.5) is 0 Å². The van der Waals surface area contributed by atoms with Gasteiger partial charge >= 0.3 is 0 Å². The molecule has 1 saturated heterocycles. The number of aliphatic hydroxyl groups excluding tert-OH is 2. The van der Waals surface area contributed by atoms with Crippen LogP contribution in [0.25, 0.3) is 0 Å². The van der Waals surface area contributed by atoms with Crippen molar-refractivity contribution < 1.29 is 30.6 Å². The summed E-state index contributed by atoms with van der Waals surface area (Å²) in [4.78, 5) is 3.10. The van der Waals surface area contributed by atoms with Gasteiger partial charge in [-0.1, -0.05) is 12.8 Å². The van der Waals surface area contributed by atoms with Crippen molar-refractivity contribution in [2.24, 2.45) is 0 Å². The summed E-state index contributed by atoms with van der Waals surface area (Å²) in [5.41, 5.74) is 0. The summed E-state index contributed by atoms with van der Waals surface area (Å²) in [5, 5.41) is 25.7. The number of hydrogen-bond donors (Lipinski definition) is 6. The molecule has 3 rings (SSSR count). The molecule has 0 spiro atoms. The van der Waals surface area contributed by atoms with Crippen LogP contribution in [0.1, 0.15) is 64.2 Å². The first-order valence-electron chi connectivity index (χ1n) is 12.4. The molecule has 28 heavy (non-hydrogen) atoms. The fraction of sp³-hybridized carbons (Fsp3) is 1.00.